The molecule has 0 radical (unpaired) electrons. The van der Waals surface area contributed by atoms with E-state index in [0.717, 1.165) is 12.2 Å². The molecular formula is C16H21N3OS. The number of carbonyl (C=O) groups excluding carboxylic acids is 1. The minimum absolute atomic E-state index is 0.0176. The minimum atomic E-state index is -0.0176. The van der Waals surface area contributed by atoms with E-state index >= 15 is 0 Å². The summed E-state index contributed by atoms with van der Waals surface area (Å²) in [7, 11) is 0. The van der Waals surface area contributed by atoms with Crippen LogP contribution in [0.5, 0.6) is 0 Å². The Hall–Kier alpha value is -1.88. The van der Waals surface area contributed by atoms with Gasteiger partial charge in [0.1, 0.15) is 5.69 Å². The van der Waals surface area contributed by atoms with Crippen LogP contribution in [0.4, 0.5) is 5.69 Å². The highest BCUT2D eigenvalue weighted by atomic mass is 32.1. The Kier molecular flexibility index (Phi) is 5.33. The maximum absolute atomic E-state index is 12.3. The lowest BCUT2D eigenvalue weighted by atomic mass is 10.2. The summed E-state index contributed by atoms with van der Waals surface area (Å²) < 4.78 is 0. The van der Waals surface area contributed by atoms with E-state index in [4.69, 9.17) is 0 Å². The smallest absolute Gasteiger partial charge is 0.272 e. The maximum atomic E-state index is 12.3. The second-order valence-electron chi connectivity index (χ2n) is 4.79. The number of anilines is 1. The molecule has 4 nitrogen and oxygen atoms in total. The monoisotopic (exact) mass is 303 g/mol. The Morgan fingerprint density at radius 2 is 2.10 bits per heavy atom. The van der Waals surface area contributed by atoms with Gasteiger partial charge in [0.2, 0.25) is 0 Å². The van der Waals surface area contributed by atoms with Crippen molar-refractivity contribution < 1.29 is 4.79 Å². The number of nitrogens with one attached hydrogen (secondary N) is 1. The topological polar surface area (TPSA) is 45.2 Å². The molecule has 0 fully saturated rings. The molecule has 0 saturated heterocycles. The van der Waals surface area contributed by atoms with E-state index in [9.17, 15) is 4.79 Å². The van der Waals surface area contributed by atoms with Gasteiger partial charge < -0.3 is 10.2 Å². The van der Waals surface area contributed by atoms with Crippen LogP contribution in [0.1, 0.15) is 34.8 Å². The molecule has 2 aromatic rings. The number of amides is 1. The predicted molar refractivity (Wildman–Crippen MR) is 87.9 cm³/mol. The molecule has 0 aromatic carbocycles. The van der Waals surface area contributed by atoms with Crippen molar-refractivity contribution in [3.8, 4) is 0 Å². The summed E-state index contributed by atoms with van der Waals surface area (Å²) in [6.45, 7) is 8.22. The van der Waals surface area contributed by atoms with Gasteiger partial charge in [0.05, 0.1) is 0 Å². The molecule has 112 valence electrons. The minimum Gasteiger partial charge on any atom is -0.380 e. The van der Waals surface area contributed by atoms with Crippen molar-refractivity contribution in [2.75, 3.05) is 18.4 Å². The van der Waals surface area contributed by atoms with Gasteiger partial charge in [-0.1, -0.05) is 0 Å². The number of nitrogens with zero attached hydrogens (tertiary/aromatic N) is 2. The van der Waals surface area contributed by atoms with Crippen molar-refractivity contribution in [1.29, 1.82) is 0 Å². The lowest BCUT2D eigenvalue weighted by molar-refractivity contribution is 0.0767. The summed E-state index contributed by atoms with van der Waals surface area (Å²) >= 11 is 1.74. The highest BCUT2D eigenvalue weighted by Crippen LogP contribution is 2.18. The fraction of sp³-hybridized carbons (Fsp3) is 0.375. The molecule has 21 heavy (non-hydrogen) atoms. The molecule has 5 heteroatoms. The summed E-state index contributed by atoms with van der Waals surface area (Å²) in [5, 5.41) is 5.45. The number of thiophene rings is 1. The molecule has 1 N–H and O–H groups in total. The van der Waals surface area contributed by atoms with Gasteiger partial charge in [0.25, 0.3) is 5.91 Å². The van der Waals surface area contributed by atoms with Crippen molar-refractivity contribution in [3.63, 3.8) is 0 Å². The second-order valence-corrected chi connectivity index (χ2v) is 5.79. The molecule has 0 saturated carbocycles. The normalized spacial score (nSPS) is 10.4. The number of pyridine rings is 1. The SMILES string of the molecule is CCN(CC)C(=O)c1cc(NCc2sccc2C)ccn1. The van der Waals surface area contributed by atoms with Gasteiger partial charge >= 0.3 is 0 Å². The van der Waals surface area contributed by atoms with Gasteiger partial charge in [-0.3, -0.25) is 9.78 Å². The van der Waals surface area contributed by atoms with Crippen LogP contribution in [0, 0.1) is 6.92 Å². The highest BCUT2D eigenvalue weighted by Gasteiger charge is 2.14. The molecule has 0 atom stereocenters. The Bertz CT molecular complexity index is 605. The Morgan fingerprint density at radius 1 is 1.33 bits per heavy atom. The lowest BCUT2D eigenvalue weighted by Gasteiger charge is -2.18. The van der Waals surface area contributed by atoms with Crippen LogP contribution in [0.2, 0.25) is 0 Å². The molecule has 0 aliphatic carbocycles. The average Bonchev–Trinajstić information content (AvgIpc) is 2.92. The molecule has 0 bridgehead atoms. The van der Waals surface area contributed by atoms with E-state index in [1.807, 2.05) is 26.0 Å². The molecule has 2 heterocycles. The van der Waals surface area contributed by atoms with Crippen molar-refractivity contribution in [2.45, 2.75) is 27.3 Å². The first-order chi connectivity index (χ1) is 10.2. The van der Waals surface area contributed by atoms with E-state index < -0.39 is 0 Å². The van der Waals surface area contributed by atoms with E-state index in [0.29, 0.717) is 18.8 Å². The van der Waals surface area contributed by atoms with Crippen LogP contribution in [-0.2, 0) is 6.54 Å². The molecule has 0 unspecified atom stereocenters. The van der Waals surface area contributed by atoms with Crippen LogP contribution >= 0.6 is 11.3 Å². The second kappa shape index (κ2) is 7.22. The maximum Gasteiger partial charge on any atom is 0.272 e. The third-order valence-electron chi connectivity index (χ3n) is 3.45. The molecule has 1 amide bonds. The van der Waals surface area contributed by atoms with Gasteiger partial charge in [0.15, 0.2) is 0 Å². The predicted octanol–water partition coefficient (Wildman–Crippen LogP) is 3.55. The fourth-order valence-electron chi connectivity index (χ4n) is 2.10. The zero-order chi connectivity index (χ0) is 15.2. The molecule has 2 aromatic heterocycles. The third kappa shape index (κ3) is 3.82. The number of hydrogen-bond donors (Lipinski definition) is 1. The van der Waals surface area contributed by atoms with Gasteiger partial charge in [-0.05, 0) is 49.9 Å². The molecule has 0 aliphatic rings. The third-order valence-corrected chi connectivity index (χ3v) is 4.47. The molecule has 0 spiro atoms. The highest BCUT2D eigenvalue weighted by molar-refractivity contribution is 7.10. The van der Waals surface area contributed by atoms with Crippen LogP contribution in [0.15, 0.2) is 29.8 Å². The van der Waals surface area contributed by atoms with Crippen molar-refractivity contribution in [3.05, 3.63) is 45.9 Å². The number of aryl methyl sites for hydroxylation is 1. The first kappa shape index (κ1) is 15.5. The number of carbonyl (C=O) groups is 1. The first-order valence-corrected chi connectivity index (χ1v) is 8.05. The Labute approximate surface area is 129 Å². The largest absolute Gasteiger partial charge is 0.380 e. The van der Waals surface area contributed by atoms with E-state index in [1.165, 1.54) is 10.4 Å². The number of hydrogen-bond acceptors (Lipinski definition) is 4. The Balaban J connectivity index is 2.07. The van der Waals surface area contributed by atoms with Crippen LogP contribution < -0.4 is 5.32 Å². The summed E-state index contributed by atoms with van der Waals surface area (Å²) in [5.41, 5.74) is 2.71. The average molecular weight is 303 g/mol. The van der Waals surface area contributed by atoms with E-state index in [1.54, 1.807) is 22.4 Å². The van der Waals surface area contributed by atoms with Crippen molar-refractivity contribution in [2.24, 2.45) is 0 Å². The van der Waals surface area contributed by atoms with Crippen LogP contribution in [0.25, 0.3) is 0 Å². The lowest BCUT2D eigenvalue weighted by Crippen LogP contribution is -2.31. The van der Waals surface area contributed by atoms with Crippen LogP contribution in [0.3, 0.4) is 0 Å². The molecule has 0 aliphatic heterocycles. The van der Waals surface area contributed by atoms with E-state index in [2.05, 4.69) is 28.7 Å². The zero-order valence-electron chi connectivity index (χ0n) is 12.7. The first-order valence-electron chi connectivity index (χ1n) is 7.17. The van der Waals surface area contributed by atoms with Gasteiger partial charge in [-0.25, -0.2) is 0 Å². The summed E-state index contributed by atoms with van der Waals surface area (Å²) in [5.74, 6) is -0.0176. The van der Waals surface area contributed by atoms with Crippen molar-refractivity contribution in [1.82, 2.24) is 9.88 Å². The fourth-order valence-corrected chi connectivity index (χ4v) is 2.94. The van der Waals surface area contributed by atoms with Gasteiger partial charge in [-0.15, -0.1) is 11.3 Å². The molecular weight excluding hydrogens is 282 g/mol. The summed E-state index contributed by atoms with van der Waals surface area (Å²) in [6, 6.07) is 5.83. The van der Waals surface area contributed by atoms with Crippen molar-refractivity contribution >= 4 is 22.9 Å². The Morgan fingerprint density at radius 3 is 2.71 bits per heavy atom. The summed E-state index contributed by atoms with van der Waals surface area (Å²) in [6.07, 6.45) is 1.68. The zero-order valence-corrected chi connectivity index (χ0v) is 13.5. The van der Waals surface area contributed by atoms with E-state index in [-0.39, 0.29) is 5.91 Å². The van der Waals surface area contributed by atoms with Gasteiger partial charge in [0, 0.05) is 36.4 Å². The van der Waals surface area contributed by atoms with Crippen LogP contribution in [-0.4, -0.2) is 28.9 Å². The summed E-state index contributed by atoms with van der Waals surface area (Å²) in [4.78, 5) is 19.6. The number of aromatic nitrogens is 1. The number of rotatable bonds is 6. The van der Waals surface area contributed by atoms with Gasteiger partial charge in [-0.2, -0.15) is 0 Å². The standard InChI is InChI=1S/C16H21N3OS/c1-4-19(5-2)16(20)14-10-13(6-8-17-14)18-11-15-12(3)7-9-21-15/h6-10H,4-5,11H2,1-3H3,(H,17,18). The molecule has 2 rings (SSSR count). The quantitative estimate of drug-likeness (QED) is 0.887.